The van der Waals surface area contributed by atoms with Gasteiger partial charge in [0.25, 0.3) is 0 Å². The van der Waals surface area contributed by atoms with Gasteiger partial charge in [-0.1, -0.05) is 214 Å². The fraction of sp³-hybridized carbons (Fsp3) is 0.936. The number of rotatable bonds is 41. The molecule has 0 fully saturated rings. The maximum Gasteiger partial charge on any atom is 0.306 e. The van der Waals surface area contributed by atoms with Gasteiger partial charge in [0.05, 0.1) is 0 Å². The van der Waals surface area contributed by atoms with Crippen molar-refractivity contribution in [2.45, 2.75) is 259 Å². The standard InChI is InChI=1S/C47H90O6/c1-6-8-9-10-11-12-13-14-15-16-17-18-19-20-27-32-37-45(48)51-40-44(41-52-46(49)38-33-28-23-21-25-30-35-42(3)4)53-47(50)39-34-29-24-22-26-31-36-43(5)7-2/h42-44H,6-41H2,1-5H3/t43?,44-/m1/s1. The summed E-state index contributed by atoms with van der Waals surface area (Å²) in [7, 11) is 0. The van der Waals surface area contributed by atoms with Crippen molar-refractivity contribution in [3.05, 3.63) is 0 Å². The van der Waals surface area contributed by atoms with Crippen molar-refractivity contribution in [3.8, 4) is 0 Å². The van der Waals surface area contributed by atoms with E-state index in [4.69, 9.17) is 14.2 Å². The summed E-state index contributed by atoms with van der Waals surface area (Å²) in [5.74, 6) is 0.709. The number of carbonyl (C=O) groups excluding carboxylic acids is 3. The third kappa shape index (κ3) is 39.9. The Morgan fingerprint density at radius 1 is 0.396 bits per heavy atom. The largest absolute Gasteiger partial charge is 0.462 e. The summed E-state index contributed by atoms with van der Waals surface area (Å²) in [6, 6.07) is 0. The fourth-order valence-electron chi connectivity index (χ4n) is 6.90. The fourth-order valence-corrected chi connectivity index (χ4v) is 6.90. The van der Waals surface area contributed by atoms with E-state index in [9.17, 15) is 14.4 Å². The lowest BCUT2D eigenvalue weighted by molar-refractivity contribution is -0.167. The van der Waals surface area contributed by atoms with Crippen LogP contribution in [0.1, 0.15) is 253 Å². The number of esters is 3. The Balaban J connectivity index is 4.27. The minimum atomic E-state index is -0.761. The average molecular weight is 751 g/mol. The smallest absolute Gasteiger partial charge is 0.306 e. The normalized spacial score (nSPS) is 12.6. The number of hydrogen-bond donors (Lipinski definition) is 0. The average Bonchev–Trinajstić information content (AvgIpc) is 3.14. The molecule has 314 valence electrons. The van der Waals surface area contributed by atoms with Crippen LogP contribution in [0.5, 0.6) is 0 Å². The molecule has 0 heterocycles. The third-order valence-corrected chi connectivity index (χ3v) is 10.8. The van der Waals surface area contributed by atoms with Gasteiger partial charge in [0, 0.05) is 19.3 Å². The highest BCUT2D eigenvalue weighted by atomic mass is 16.6. The van der Waals surface area contributed by atoms with Crippen LogP contribution in [0.3, 0.4) is 0 Å². The Bertz CT molecular complexity index is 811. The molecule has 1 unspecified atom stereocenters. The molecule has 0 N–H and O–H groups in total. The zero-order chi connectivity index (χ0) is 39.0. The highest BCUT2D eigenvalue weighted by Gasteiger charge is 2.19. The van der Waals surface area contributed by atoms with E-state index < -0.39 is 6.10 Å². The lowest BCUT2D eigenvalue weighted by Gasteiger charge is -2.18. The quantitative estimate of drug-likeness (QED) is 0.0352. The Kier molecular flexibility index (Phi) is 38.9. The van der Waals surface area contributed by atoms with Crippen molar-refractivity contribution in [2.24, 2.45) is 11.8 Å². The van der Waals surface area contributed by atoms with Crippen LogP contribution in [0.25, 0.3) is 0 Å². The molecule has 2 atom stereocenters. The van der Waals surface area contributed by atoms with Gasteiger partial charge >= 0.3 is 17.9 Å². The van der Waals surface area contributed by atoms with Crippen molar-refractivity contribution in [2.75, 3.05) is 13.2 Å². The molecule has 0 saturated carbocycles. The first-order chi connectivity index (χ1) is 25.8. The van der Waals surface area contributed by atoms with Crippen LogP contribution in [0.2, 0.25) is 0 Å². The van der Waals surface area contributed by atoms with E-state index in [0.29, 0.717) is 19.3 Å². The SMILES string of the molecule is CCCCCCCCCCCCCCCCCCC(=O)OC[C@H](COC(=O)CCCCCCCCC(C)C)OC(=O)CCCCCCCCC(C)CC. The van der Waals surface area contributed by atoms with Crippen LogP contribution in [0.4, 0.5) is 0 Å². The predicted octanol–water partition coefficient (Wildman–Crippen LogP) is 14.6. The summed E-state index contributed by atoms with van der Waals surface area (Å²) in [5, 5.41) is 0. The van der Waals surface area contributed by atoms with E-state index in [1.54, 1.807) is 0 Å². The summed E-state index contributed by atoms with van der Waals surface area (Å²) >= 11 is 0. The zero-order valence-corrected chi connectivity index (χ0v) is 36.1. The van der Waals surface area contributed by atoms with Crippen LogP contribution >= 0.6 is 0 Å². The summed E-state index contributed by atoms with van der Waals surface area (Å²) in [6.07, 6.45) is 38.2. The Morgan fingerprint density at radius 2 is 0.717 bits per heavy atom. The van der Waals surface area contributed by atoms with E-state index in [2.05, 4.69) is 34.6 Å². The number of unbranched alkanes of at least 4 members (excludes halogenated alkanes) is 25. The molecule has 0 aliphatic heterocycles. The second kappa shape index (κ2) is 40.1. The maximum absolute atomic E-state index is 12.7. The minimum Gasteiger partial charge on any atom is -0.462 e. The van der Waals surface area contributed by atoms with Crippen molar-refractivity contribution in [1.29, 1.82) is 0 Å². The molecule has 6 nitrogen and oxygen atoms in total. The summed E-state index contributed by atoms with van der Waals surface area (Å²) in [5.41, 5.74) is 0. The van der Waals surface area contributed by atoms with Crippen molar-refractivity contribution < 1.29 is 28.6 Å². The first kappa shape index (κ1) is 51.4. The molecule has 6 heteroatoms. The topological polar surface area (TPSA) is 78.9 Å². The zero-order valence-electron chi connectivity index (χ0n) is 36.1. The van der Waals surface area contributed by atoms with Gasteiger partial charge in [-0.05, 0) is 31.1 Å². The molecule has 0 radical (unpaired) electrons. The highest BCUT2D eigenvalue weighted by Crippen LogP contribution is 2.17. The molecule has 0 bridgehead atoms. The molecule has 0 aromatic heterocycles. The van der Waals surface area contributed by atoms with Gasteiger partial charge in [-0.2, -0.15) is 0 Å². The van der Waals surface area contributed by atoms with E-state index in [1.165, 1.54) is 141 Å². The molecule has 0 rings (SSSR count). The lowest BCUT2D eigenvalue weighted by atomic mass is 10.00. The molecular formula is C47H90O6. The Labute approximate surface area is 329 Å². The molecule has 0 aromatic rings. The second-order valence-corrected chi connectivity index (χ2v) is 16.8. The number of carbonyl (C=O) groups is 3. The Morgan fingerprint density at radius 3 is 1.08 bits per heavy atom. The first-order valence-electron chi connectivity index (χ1n) is 23.3. The Hall–Kier alpha value is -1.59. The van der Waals surface area contributed by atoms with Crippen LogP contribution < -0.4 is 0 Å². The molecule has 0 aliphatic carbocycles. The summed E-state index contributed by atoms with van der Waals surface area (Å²) in [6.45, 7) is 11.2. The number of ether oxygens (including phenoxy) is 3. The molecule has 0 saturated heterocycles. The first-order valence-corrected chi connectivity index (χ1v) is 23.3. The number of hydrogen-bond acceptors (Lipinski definition) is 6. The van der Waals surface area contributed by atoms with Gasteiger partial charge in [0.1, 0.15) is 13.2 Å². The highest BCUT2D eigenvalue weighted by molar-refractivity contribution is 5.71. The van der Waals surface area contributed by atoms with Gasteiger partial charge in [-0.25, -0.2) is 0 Å². The second-order valence-electron chi connectivity index (χ2n) is 16.8. The molecule has 53 heavy (non-hydrogen) atoms. The summed E-state index contributed by atoms with van der Waals surface area (Å²) in [4.78, 5) is 37.7. The maximum atomic E-state index is 12.7. The van der Waals surface area contributed by atoms with Gasteiger partial charge < -0.3 is 14.2 Å². The molecule has 0 aromatic carbocycles. The monoisotopic (exact) mass is 751 g/mol. The van der Waals surface area contributed by atoms with Crippen molar-refractivity contribution in [1.82, 2.24) is 0 Å². The van der Waals surface area contributed by atoms with E-state index in [-0.39, 0.29) is 31.1 Å². The molecular weight excluding hydrogens is 661 g/mol. The van der Waals surface area contributed by atoms with Crippen LogP contribution in [-0.4, -0.2) is 37.2 Å². The van der Waals surface area contributed by atoms with E-state index in [1.807, 2.05) is 0 Å². The van der Waals surface area contributed by atoms with Crippen LogP contribution in [-0.2, 0) is 28.6 Å². The van der Waals surface area contributed by atoms with Crippen LogP contribution in [0, 0.1) is 11.8 Å². The molecule has 0 spiro atoms. The van der Waals surface area contributed by atoms with Crippen LogP contribution in [0.15, 0.2) is 0 Å². The van der Waals surface area contributed by atoms with Gasteiger partial charge in [-0.15, -0.1) is 0 Å². The molecule has 0 aliphatic rings. The minimum absolute atomic E-state index is 0.0662. The van der Waals surface area contributed by atoms with Gasteiger partial charge in [0.2, 0.25) is 0 Å². The van der Waals surface area contributed by atoms with E-state index >= 15 is 0 Å². The lowest BCUT2D eigenvalue weighted by Crippen LogP contribution is -2.30. The predicted molar refractivity (Wildman–Crippen MR) is 224 cm³/mol. The van der Waals surface area contributed by atoms with Crippen molar-refractivity contribution in [3.63, 3.8) is 0 Å². The van der Waals surface area contributed by atoms with Gasteiger partial charge in [0.15, 0.2) is 6.10 Å². The van der Waals surface area contributed by atoms with Crippen molar-refractivity contribution >= 4 is 17.9 Å². The molecule has 0 amide bonds. The summed E-state index contributed by atoms with van der Waals surface area (Å²) < 4.78 is 16.7. The van der Waals surface area contributed by atoms with Gasteiger partial charge in [-0.3, -0.25) is 14.4 Å². The third-order valence-electron chi connectivity index (χ3n) is 10.8. The van der Waals surface area contributed by atoms with E-state index in [0.717, 1.165) is 69.6 Å².